The third-order valence-corrected chi connectivity index (χ3v) is 1.64. The third kappa shape index (κ3) is 8.65. The first-order chi connectivity index (χ1) is 4.41. The zero-order chi connectivity index (χ0) is 6.95. The van der Waals surface area contributed by atoms with Gasteiger partial charge in [-0.25, -0.2) is 0 Å². The summed E-state index contributed by atoms with van der Waals surface area (Å²) in [6, 6.07) is 0. The molecule has 3 heteroatoms. The summed E-state index contributed by atoms with van der Waals surface area (Å²) in [5.74, 6) is 0. The molecule has 0 N–H and O–H groups in total. The number of hydrogen-bond acceptors (Lipinski definition) is 2. The molecule has 0 saturated heterocycles. The van der Waals surface area contributed by atoms with Crippen LogP contribution in [-0.2, 0) is 9.47 Å². The van der Waals surface area contributed by atoms with Crippen LogP contribution in [0.5, 0.6) is 0 Å². The van der Waals surface area contributed by atoms with Crippen molar-refractivity contribution in [2.24, 2.45) is 0 Å². The molecule has 2 nitrogen and oxygen atoms in total. The minimum atomic E-state index is 0.432. The van der Waals surface area contributed by atoms with Crippen molar-refractivity contribution in [2.75, 3.05) is 24.9 Å². The van der Waals surface area contributed by atoms with Crippen molar-refractivity contribution in [1.82, 2.24) is 0 Å². The van der Waals surface area contributed by atoms with Gasteiger partial charge in [0.15, 0.2) is 0 Å². The molecular weight excluding hydrogens is 231 g/mol. The number of methoxy groups -OCH3 is 1. The van der Waals surface area contributed by atoms with Crippen molar-refractivity contribution in [3.63, 3.8) is 0 Å². The highest BCUT2D eigenvalue weighted by atomic mass is 127. The van der Waals surface area contributed by atoms with Crippen LogP contribution in [0.4, 0.5) is 0 Å². The van der Waals surface area contributed by atoms with Gasteiger partial charge in [-0.1, -0.05) is 22.6 Å². The van der Waals surface area contributed by atoms with E-state index in [2.05, 4.69) is 22.6 Å². The van der Waals surface area contributed by atoms with Crippen LogP contribution in [0.3, 0.4) is 0 Å². The second-order valence-corrected chi connectivity index (χ2v) is 2.79. The second kappa shape index (κ2) is 8.65. The van der Waals surface area contributed by atoms with E-state index in [1.807, 2.05) is 0 Å². The lowest BCUT2D eigenvalue weighted by molar-refractivity contribution is -0.0311. The van der Waals surface area contributed by atoms with Crippen LogP contribution < -0.4 is 0 Å². The highest BCUT2D eigenvalue weighted by Crippen LogP contribution is 1.94. The molecule has 0 unspecified atom stereocenters. The molecule has 56 valence electrons. The zero-order valence-electron chi connectivity index (χ0n) is 5.73. The molecule has 0 spiro atoms. The lowest BCUT2D eigenvalue weighted by atomic mass is 10.4. The molecule has 0 amide bonds. The first kappa shape index (κ1) is 9.65. The number of halogens is 1. The van der Waals surface area contributed by atoms with Crippen LogP contribution in [0.25, 0.3) is 0 Å². The van der Waals surface area contributed by atoms with E-state index in [9.17, 15) is 0 Å². The number of hydrogen-bond donors (Lipinski definition) is 0. The Kier molecular flexibility index (Phi) is 9.27. The van der Waals surface area contributed by atoms with E-state index in [0.29, 0.717) is 6.79 Å². The Balaban J connectivity index is 2.60. The van der Waals surface area contributed by atoms with Crippen molar-refractivity contribution in [2.45, 2.75) is 12.8 Å². The Morgan fingerprint density at radius 3 is 2.67 bits per heavy atom. The van der Waals surface area contributed by atoms with Gasteiger partial charge in [-0.2, -0.15) is 0 Å². The van der Waals surface area contributed by atoms with Crippen molar-refractivity contribution in [3.05, 3.63) is 0 Å². The molecule has 0 rings (SSSR count). The fraction of sp³-hybridized carbons (Fsp3) is 1.00. The molecule has 0 aromatic heterocycles. The summed E-state index contributed by atoms with van der Waals surface area (Å²) in [7, 11) is 1.64. The van der Waals surface area contributed by atoms with Gasteiger partial charge in [0.05, 0.1) is 0 Å². The summed E-state index contributed by atoms with van der Waals surface area (Å²) in [6.45, 7) is 1.26. The zero-order valence-corrected chi connectivity index (χ0v) is 7.89. The number of ether oxygens (including phenoxy) is 2. The highest BCUT2D eigenvalue weighted by Gasteiger charge is 1.85. The van der Waals surface area contributed by atoms with Gasteiger partial charge in [0.2, 0.25) is 0 Å². The molecule has 0 aliphatic carbocycles. The van der Waals surface area contributed by atoms with Crippen LogP contribution >= 0.6 is 22.6 Å². The van der Waals surface area contributed by atoms with E-state index in [1.54, 1.807) is 7.11 Å². The monoisotopic (exact) mass is 244 g/mol. The van der Waals surface area contributed by atoms with Crippen molar-refractivity contribution < 1.29 is 9.47 Å². The average Bonchev–Trinajstić information content (AvgIpc) is 1.89. The maximum absolute atomic E-state index is 5.06. The van der Waals surface area contributed by atoms with Crippen LogP contribution in [0.2, 0.25) is 0 Å². The molecule has 0 heterocycles. The fourth-order valence-electron chi connectivity index (χ4n) is 0.441. The Bertz CT molecular complexity index is 44.3. The molecule has 0 aliphatic heterocycles. The quantitative estimate of drug-likeness (QED) is 0.307. The predicted molar refractivity (Wildman–Crippen MR) is 45.9 cm³/mol. The average molecular weight is 244 g/mol. The Labute approximate surface area is 70.1 Å². The first-order valence-corrected chi connectivity index (χ1v) is 4.57. The molecular formula is C6H13IO2. The third-order valence-electron chi connectivity index (χ3n) is 0.873. The van der Waals surface area contributed by atoms with E-state index in [4.69, 9.17) is 9.47 Å². The van der Waals surface area contributed by atoms with E-state index in [0.717, 1.165) is 13.0 Å². The summed E-state index contributed by atoms with van der Waals surface area (Å²) in [5, 5.41) is 0. The molecule has 0 radical (unpaired) electrons. The first-order valence-electron chi connectivity index (χ1n) is 3.04. The van der Waals surface area contributed by atoms with Crippen LogP contribution in [0.1, 0.15) is 12.8 Å². The maximum Gasteiger partial charge on any atom is 0.146 e. The summed E-state index contributed by atoms with van der Waals surface area (Å²) in [6.07, 6.45) is 2.39. The lowest BCUT2D eigenvalue weighted by Gasteiger charge is -1.99. The Morgan fingerprint density at radius 2 is 2.11 bits per heavy atom. The summed E-state index contributed by atoms with van der Waals surface area (Å²) >= 11 is 2.36. The standard InChI is InChI=1S/C6H13IO2/c1-8-6-9-5-3-2-4-7/h2-6H2,1H3. The van der Waals surface area contributed by atoms with Crippen LogP contribution in [0.15, 0.2) is 0 Å². The largest absolute Gasteiger partial charge is 0.359 e. The van der Waals surface area contributed by atoms with Crippen molar-refractivity contribution in [3.8, 4) is 0 Å². The molecule has 0 aromatic rings. The molecule has 0 fully saturated rings. The van der Waals surface area contributed by atoms with E-state index < -0.39 is 0 Å². The number of rotatable bonds is 6. The van der Waals surface area contributed by atoms with E-state index in [-0.39, 0.29) is 0 Å². The molecule has 9 heavy (non-hydrogen) atoms. The summed E-state index contributed by atoms with van der Waals surface area (Å²) in [5.41, 5.74) is 0. The summed E-state index contributed by atoms with van der Waals surface area (Å²) in [4.78, 5) is 0. The minimum absolute atomic E-state index is 0.432. The van der Waals surface area contributed by atoms with Crippen LogP contribution in [0, 0.1) is 0 Å². The Hall–Kier alpha value is 0.650. The van der Waals surface area contributed by atoms with Gasteiger partial charge in [0.25, 0.3) is 0 Å². The van der Waals surface area contributed by atoms with E-state index in [1.165, 1.54) is 10.8 Å². The molecule has 0 aromatic carbocycles. The summed E-state index contributed by atoms with van der Waals surface area (Å²) < 4.78 is 11.0. The highest BCUT2D eigenvalue weighted by molar-refractivity contribution is 14.1. The van der Waals surface area contributed by atoms with Gasteiger partial charge in [0.1, 0.15) is 6.79 Å². The number of alkyl halides is 1. The minimum Gasteiger partial charge on any atom is -0.359 e. The predicted octanol–water partition coefficient (Wildman–Crippen LogP) is 1.82. The molecule has 0 aliphatic rings. The van der Waals surface area contributed by atoms with Gasteiger partial charge in [-0.3, -0.25) is 0 Å². The van der Waals surface area contributed by atoms with Crippen molar-refractivity contribution in [1.29, 1.82) is 0 Å². The van der Waals surface area contributed by atoms with Gasteiger partial charge in [-0.05, 0) is 17.3 Å². The SMILES string of the molecule is COCOCCCCI. The topological polar surface area (TPSA) is 18.5 Å². The maximum atomic E-state index is 5.06. The molecule has 0 bridgehead atoms. The second-order valence-electron chi connectivity index (χ2n) is 1.71. The smallest absolute Gasteiger partial charge is 0.146 e. The molecule has 0 atom stereocenters. The van der Waals surface area contributed by atoms with Crippen LogP contribution in [-0.4, -0.2) is 24.9 Å². The van der Waals surface area contributed by atoms with Gasteiger partial charge in [0, 0.05) is 13.7 Å². The van der Waals surface area contributed by atoms with Crippen molar-refractivity contribution >= 4 is 22.6 Å². The fourth-order valence-corrected chi connectivity index (χ4v) is 0.980. The van der Waals surface area contributed by atoms with Gasteiger partial charge >= 0.3 is 0 Å². The lowest BCUT2D eigenvalue weighted by Crippen LogP contribution is -1.98. The Morgan fingerprint density at radius 1 is 1.33 bits per heavy atom. The molecule has 0 saturated carbocycles. The van der Waals surface area contributed by atoms with Gasteiger partial charge in [-0.15, -0.1) is 0 Å². The normalized spacial score (nSPS) is 10.0. The number of unbranched alkanes of at least 4 members (excludes halogenated alkanes) is 1. The van der Waals surface area contributed by atoms with Gasteiger partial charge < -0.3 is 9.47 Å². The van der Waals surface area contributed by atoms with E-state index >= 15 is 0 Å².